The predicted molar refractivity (Wildman–Crippen MR) is 101 cm³/mol. The van der Waals surface area contributed by atoms with Crippen LogP contribution in [0, 0.1) is 13.8 Å². The van der Waals surface area contributed by atoms with E-state index in [4.69, 9.17) is 14.0 Å². The molecule has 0 saturated carbocycles. The Hall–Kier alpha value is -3.28. The van der Waals surface area contributed by atoms with Gasteiger partial charge in [0.05, 0.1) is 23.9 Å². The average Bonchev–Trinajstić information content (AvgIpc) is 3.02. The Bertz CT molecular complexity index is 914. The highest BCUT2D eigenvalue weighted by Crippen LogP contribution is 2.22. The molecule has 6 nitrogen and oxygen atoms in total. The lowest BCUT2D eigenvalue weighted by atomic mass is 10.1. The van der Waals surface area contributed by atoms with Crippen LogP contribution in [0.3, 0.4) is 0 Å². The van der Waals surface area contributed by atoms with Crippen LogP contribution in [0.15, 0.2) is 53.1 Å². The number of benzene rings is 2. The molecule has 0 saturated heterocycles. The molecule has 27 heavy (non-hydrogen) atoms. The molecule has 1 aromatic heterocycles. The summed E-state index contributed by atoms with van der Waals surface area (Å²) in [6.45, 7) is 4.35. The Morgan fingerprint density at radius 2 is 1.78 bits per heavy atom. The van der Waals surface area contributed by atoms with E-state index in [2.05, 4.69) is 10.5 Å². The van der Waals surface area contributed by atoms with Crippen LogP contribution < -0.4 is 14.8 Å². The van der Waals surface area contributed by atoms with Gasteiger partial charge in [0.2, 0.25) is 0 Å². The Morgan fingerprint density at radius 3 is 2.48 bits per heavy atom. The number of ether oxygens (including phenoxy) is 2. The number of aromatic nitrogens is 1. The first kappa shape index (κ1) is 18.5. The summed E-state index contributed by atoms with van der Waals surface area (Å²) >= 11 is 0. The second-order valence-corrected chi connectivity index (χ2v) is 6.08. The van der Waals surface area contributed by atoms with Gasteiger partial charge in [-0.3, -0.25) is 4.79 Å². The normalized spacial score (nSPS) is 10.5. The fraction of sp³-hybridized carbons (Fsp3) is 0.238. The molecule has 140 valence electrons. The molecule has 0 unspecified atom stereocenters. The number of nitrogens with zero attached hydrogens (tertiary/aromatic N) is 1. The molecule has 0 aliphatic rings. The summed E-state index contributed by atoms with van der Waals surface area (Å²) in [6.07, 6.45) is 0. The van der Waals surface area contributed by atoms with Crippen molar-refractivity contribution in [3.63, 3.8) is 0 Å². The number of carbonyl (C=O) groups is 1. The van der Waals surface area contributed by atoms with Crippen molar-refractivity contribution in [3.8, 4) is 11.5 Å². The van der Waals surface area contributed by atoms with Crippen LogP contribution in [0.4, 0.5) is 0 Å². The van der Waals surface area contributed by atoms with Crippen LogP contribution >= 0.6 is 0 Å². The largest absolute Gasteiger partial charge is 0.496 e. The summed E-state index contributed by atoms with van der Waals surface area (Å²) in [7, 11) is 1.61. The Labute approximate surface area is 158 Å². The molecule has 1 amide bonds. The van der Waals surface area contributed by atoms with Crippen molar-refractivity contribution < 1.29 is 18.8 Å². The lowest BCUT2D eigenvalue weighted by Gasteiger charge is -2.13. The smallest absolute Gasteiger partial charge is 0.255 e. The van der Waals surface area contributed by atoms with E-state index >= 15 is 0 Å². The maximum Gasteiger partial charge on any atom is 0.255 e. The van der Waals surface area contributed by atoms with Gasteiger partial charge in [-0.15, -0.1) is 0 Å². The molecule has 1 N–H and O–H groups in total. The van der Waals surface area contributed by atoms with Crippen molar-refractivity contribution in [2.45, 2.75) is 27.0 Å². The first-order valence-corrected chi connectivity index (χ1v) is 8.63. The van der Waals surface area contributed by atoms with E-state index in [-0.39, 0.29) is 12.5 Å². The average molecular weight is 366 g/mol. The molecule has 3 aromatic rings. The van der Waals surface area contributed by atoms with E-state index < -0.39 is 0 Å². The van der Waals surface area contributed by atoms with Gasteiger partial charge in [-0.05, 0) is 32.0 Å². The molecule has 0 aliphatic carbocycles. The number of para-hydroxylation sites is 2. The highest BCUT2D eigenvalue weighted by molar-refractivity contribution is 5.96. The second-order valence-electron chi connectivity index (χ2n) is 6.08. The molecule has 0 fully saturated rings. The maximum atomic E-state index is 12.7. The molecular formula is C21H22N2O4. The third-order valence-electron chi connectivity index (χ3n) is 4.32. The zero-order valence-corrected chi connectivity index (χ0v) is 15.6. The molecule has 0 bridgehead atoms. The van der Waals surface area contributed by atoms with Crippen molar-refractivity contribution in [3.05, 3.63) is 76.7 Å². The van der Waals surface area contributed by atoms with Gasteiger partial charge in [-0.25, -0.2) is 0 Å². The van der Waals surface area contributed by atoms with Gasteiger partial charge in [-0.2, -0.15) is 0 Å². The van der Waals surface area contributed by atoms with Gasteiger partial charge in [-0.1, -0.05) is 35.5 Å². The van der Waals surface area contributed by atoms with Crippen molar-refractivity contribution in [2.24, 2.45) is 0 Å². The van der Waals surface area contributed by atoms with E-state index in [0.717, 1.165) is 22.6 Å². The maximum absolute atomic E-state index is 12.7. The number of nitrogens with one attached hydrogen (secondary N) is 1. The molecule has 6 heteroatoms. The van der Waals surface area contributed by atoms with Crippen molar-refractivity contribution in [1.29, 1.82) is 0 Å². The van der Waals surface area contributed by atoms with E-state index in [1.54, 1.807) is 25.3 Å². The van der Waals surface area contributed by atoms with Crippen LogP contribution in [-0.4, -0.2) is 18.2 Å². The fourth-order valence-electron chi connectivity index (χ4n) is 2.76. The topological polar surface area (TPSA) is 73.6 Å². The summed E-state index contributed by atoms with van der Waals surface area (Å²) in [5.74, 6) is 1.75. The van der Waals surface area contributed by atoms with Crippen LogP contribution in [0.25, 0.3) is 0 Å². The zero-order chi connectivity index (χ0) is 19.2. The van der Waals surface area contributed by atoms with Gasteiger partial charge in [0, 0.05) is 12.1 Å². The van der Waals surface area contributed by atoms with Crippen LogP contribution in [0.5, 0.6) is 11.5 Å². The lowest BCUT2D eigenvalue weighted by Crippen LogP contribution is -2.23. The summed E-state index contributed by atoms with van der Waals surface area (Å²) in [5.41, 5.74) is 3.05. The minimum Gasteiger partial charge on any atom is -0.496 e. The van der Waals surface area contributed by atoms with Crippen molar-refractivity contribution in [2.75, 3.05) is 7.11 Å². The van der Waals surface area contributed by atoms with Crippen molar-refractivity contribution >= 4 is 5.91 Å². The molecule has 0 spiro atoms. The summed E-state index contributed by atoms with van der Waals surface area (Å²) in [6, 6.07) is 14.7. The van der Waals surface area contributed by atoms with Gasteiger partial charge in [0.1, 0.15) is 23.9 Å². The molecule has 1 heterocycles. The number of methoxy groups -OCH3 is 1. The number of aryl methyl sites for hydroxylation is 2. The van der Waals surface area contributed by atoms with Crippen LogP contribution in [0.1, 0.15) is 32.9 Å². The molecule has 0 aliphatic heterocycles. The lowest BCUT2D eigenvalue weighted by molar-refractivity contribution is 0.0946. The van der Waals surface area contributed by atoms with Crippen LogP contribution in [0.2, 0.25) is 0 Å². The van der Waals surface area contributed by atoms with E-state index in [1.807, 2.05) is 44.2 Å². The van der Waals surface area contributed by atoms with Crippen LogP contribution in [-0.2, 0) is 13.2 Å². The third-order valence-corrected chi connectivity index (χ3v) is 4.32. The summed E-state index contributed by atoms with van der Waals surface area (Å²) in [4.78, 5) is 12.7. The van der Waals surface area contributed by atoms with E-state index in [9.17, 15) is 4.79 Å². The molecule has 0 radical (unpaired) electrons. The van der Waals surface area contributed by atoms with Gasteiger partial charge in [0.25, 0.3) is 5.91 Å². The molecule has 2 aromatic carbocycles. The third kappa shape index (κ3) is 4.28. The zero-order valence-electron chi connectivity index (χ0n) is 15.6. The van der Waals surface area contributed by atoms with Gasteiger partial charge >= 0.3 is 0 Å². The SMILES string of the molecule is COc1ccccc1CNC(=O)c1ccccc1OCc1c(C)noc1C. The highest BCUT2D eigenvalue weighted by Gasteiger charge is 2.15. The first-order valence-electron chi connectivity index (χ1n) is 8.63. The van der Waals surface area contributed by atoms with Crippen molar-refractivity contribution in [1.82, 2.24) is 10.5 Å². The number of hydrogen-bond acceptors (Lipinski definition) is 5. The highest BCUT2D eigenvalue weighted by atomic mass is 16.5. The Balaban J connectivity index is 1.70. The first-order chi connectivity index (χ1) is 13.1. The molecular weight excluding hydrogens is 344 g/mol. The van der Waals surface area contributed by atoms with Gasteiger partial charge in [0.15, 0.2) is 0 Å². The predicted octanol–water partition coefficient (Wildman–Crippen LogP) is 3.81. The number of carbonyl (C=O) groups excluding carboxylic acids is 1. The Kier molecular flexibility index (Phi) is 5.76. The number of hydrogen-bond donors (Lipinski definition) is 1. The minimum absolute atomic E-state index is 0.213. The molecule has 3 rings (SSSR count). The number of amides is 1. The molecule has 0 atom stereocenters. The van der Waals surface area contributed by atoms with Gasteiger partial charge < -0.3 is 19.3 Å². The number of rotatable bonds is 7. The fourth-order valence-corrected chi connectivity index (χ4v) is 2.76. The summed E-state index contributed by atoms with van der Waals surface area (Å²) in [5, 5.41) is 6.84. The van der Waals surface area contributed by atoms with E-state index in [0.29, 0.717) is 23.6 Å². The minimum atomic E-state index is -0.213. The standard InChI is InChI=1S/C21H22N2O4/c1-14-18(15(2)27-23-14)13-26-20-11-7-5-9-17(20)21(24)22-12-16-8-4-6-10-19(16)25-3/h4-11H,12-13H2,1-3H3,(H,22,24). The van der Waals surface area contributed by atoms with E-state index in [1.165, 1.54) is 0 Å². The second kappa shape index (κ2) is 8.40. The monoisotopic (exact) mass is 366 g/mol. The quantitative estimate of drug-likeness (QED) is 0.688. The Morgan fingerprint density at radius 1 is 1.07 bits per heavy atom. The summed E-state index contributed by atoms with van der Waals surface area (Å²) < 4.78 is 16.3.